The first kappa shape index (κ1) is 18.0. The van der Waals surface area contributed by atoms with E-state index in [9.17, 15) is 14.4 Å². The Balaban J connectivity index is 1.94. The van der Waals surface area contributed by atoms with E-state index in [2.05, 4.69) is 0 Å². The van der Waals surface area contributed by atoms with Crippen molar-refractivity contribution in [3.8, 4) is 16.9 Å². The minimum Gasteiger partial charge on any atom is -0.426 e. The van der Waals surface area contributed by atoms with Gasteiger partial charge in [-0.1, -0.05) is 18.5 Å². The Morgan fingerprint density at radius 1 is 0.964 bits per heavy atom. The molecule has 0 fully saturated rings. The van der Waals surface area contributed by atoms with Crippen LogP contribution in [0.2, 0.25) is 5.02 Å². The number of esters is 1. The molecule has 140 valence electrons. The maximum Gasteiger partial charge on any atom is 0.344 e. The molecular formula is C21H13ClO6. The van der Waals surface area contributed by atoms with Crippen LogP contribution in [0.1, 0.15) is 13.3 Å². The lowest BCUT2D eigenvalue weighted by molar-refractivity contribution is -0.134. The monoisotopic (exact) mass is 396 g/mol. The van der Waals surface area contributed by atoms with E-state index < -0.39 is 17.2 Å². The molecule has 2 aromatic heterocycles. The molecule has 0 spiro atoms. The molecule has 0 aliphatic heterocycles. The van der Waals surface area contributed by atoms with Crippen LogP contribution in [0.4, 0.5) is 0 Å². The minimum absolute atomic E-state index is 0.189. The lowest BCUT2D eigenvalue weighted by Gasteiger charge is -2.08. The van der Waals surface area contributed by atoms with Gasteiger partial charge in [0.05, 0.1) is 5.56 Å². The summed E-state index contributed by atoms with van der Waals surface area (Å²) in [4.78, 5) is 36.1. The van der Waals surface area contributed by atoms with Gasteiger partial charge < -0.3 is 13.6 Å². The number of fused-ring (bicyclic) bond motifs is 2. The van der Waals surface area contributed by atoms with Gasteiger partial charge in [0.2, 0.25) is 0 Å². The summed E-state index contributed by atoms with van der Waals surface area (Å²) in [6.07, 6.45) is 0.211. The second kappa shape index (κ2) is 6.98. The van der Waals surface area contributed by atoms with Crippen LogP contribution in [0.15, 0.2) is 67.0 Å². The first-order valence-corrected chi connectivity index (χ1v) is 8.85. The predicted octanol–water partition coefficient (Wildman–Crippen LogP) is 4.54. The molecule has 2 heterocycles. The molecule has 0 aliphatic rings. The highest BCUT2D eigenvalue weighted by molar-refractivity contribution is 6.31. The van der Waals surface area contributed by atoms with Gasteiger partial charge in [-0.15, -0.1) is 0 Å². The van der Waals surface area contributed by atoms with Crippen LogP contribution in [0.5, 0.6) is 5.75 Å². The van der Waals surface area contributed by atoms with E-state index >= 15 is 0 Å². The first-order valence-electron chi connectivity index (χ1n) is 8.47. The van der Waals surface area contributed by atoms with Crippen molar-refractivity contribution in [3.63, 3.8) is 0 Å². The molecule has 0 bridgehead atoms. The summed E-state index contributed by atoms with van der Waals surface area (Å²) in [6, 6.07) is 12.4. The standard InChI is InChI=1S/C21H13ClO6/c1-2-19(23)26-13-4-5-14-15(10-20(24)27-18(14)9-13)16-8-11-7-12(22)3-6-17(11)28-21(16)25/h3-10H,2H2,1H3. The fourth-order valence-corrected chi connectivity index (χ4v) is 3.10. The van der Waals surface area contributed by atoms with Crippen LogP contribution in [-0.4, -0.2) is 5.97 Å². The van der Waals surface area contributed by atoms with Crippen LogP contribution in [0.25, 0.3) is 33.1 Å². The summed E-state index contributed by atoms with van der Waals surface area (Å²) < 4.78 is 15.7. The predicted molar refractivity (Wildman–Crippen MR) is 105 cm³/mol. The number of carbonyl (C=O) groups excluding carboxylic acids is 1. The first-order chi connectivity index (χ1) is 13.4. The third kappa shape index (κ3) is 3.30. The maximum atomic E-state index is 12.5. The summed E-state index contributed by atoms with van der Waals surface area (Å²) in [7, 11) is 0. The summed E-state index contributed by atoms with van der Waals surface area (Å²) in [5, 5.41) is 1.62. The minimum atomic E-state index is -0.646. The summed E-state index contributed by atoms with van der Waals surface area (Å²) in [6.45, 7) is 1.67. The number of carbonyl (C=O) groups is 1. The van der Waals surface area contributed by atoms with E-state index in [0.717, 1.165) is 0 Å². The molecule has 0 amide bonds. The third-order valence-electron chi connectivity index (χ3n) is 4.22. The summed E-state index contributed by atoms with van der Waals surface area (Å²) >= 11 is 6.02. The Labute approximate surface area is 162 Å². The van der Waals surface area contributed by atoms with E-state index in [1.165, 1.54) is 12.1 Å². The molecule has 4 aromatic rings. The number of hydrogen-bond acceptors (Lipinski definition) is 6. The molecule has 0 unspecified atom stereocenters. The van der Waals surface area contributed by atoms with Gasteiger partial charge in [0.15, 0.2) is 0 Å². The number of benzene rings is 2. The van der Waals surface area contributed by atoms with Gasteiger partial charge in [-0.3, -0.25) is 4.79 Å². The van der Waals surface area contributed by atoms with E-state index in [-0.39, 0.29) is 23.3 Å². The van der Waals surface area contributed by atoms with E-state index in [1.807, 2.05) is 0 Å². The summed E-state index contributed by atoms with van der Waals surface area (Å²) in [5.74, 6) is -0.165. The largest absolute Gasteiger partial charge is 0.426 e. The zero-order valence-electron chi connectivity index (χ0n) is 14.7. The molecule has 6 nitrogen and oxygen atoms in total. The van der Waals surface area contributed by atoms with Crippen LogP contribution in [0.3, 0.4) is 0 Å². The Hall–Kier alpha value is -3.38. The molecule has 0 aliphatic carbocycles. The van der Waals surface area contributed by atoms with Gasteiger partial charge in [0, 0.05) is 39.9 Å². The van der Waals surface area contributed by atoms with Crippen molar-refractivity contribution in [2.75, 3.05) is 0 Å². The van der Waals surface area contributed by atoms with Gasteiger partial charge in [-0.25, -0.2) is 9.59 Å². The average Bonchev–Trinajstić information content (AvgIpc) is 2.66. The lowest BCUT2D eigenvalue weighted by atomic mass is 10.0. The molecule has 0 radical (unpaired) electrons. The summed E-state index contributed by atoms with van der Waals surface area (Å²) in [5.41, 5.74) is -0.106. The molecule has 7 heteroatoms. The van der Waals surface area contributed by atoms with Gasteiger partial charge in [0.25, 0.3) is 0 Å². The fourth-order valence-electron chi connectivity index (χ4n) is 2.92. The Kier molecular flexibility index (Phi) is 4.49. The van der Waals surface area contributed by atoms with Crippen molar-refractivity contribution >= 4 is 39.5 Å². The molecule has 0 saturated carbocycles. The number of hydrogen-bond donors (Lipinski definition) is 0. The number of rotatable bonds is 3. The quantitative estimate of drug-likeness (QED) is 0.287. The van der Waals surface area contributed by atoms with Crippen LogP contribution >= 0.6 is 11.6 Å². The molecular weight excluding hydrogens is 384 g/mol. The number of ether oxygens (including phenoxy) is 1. The smallest absolute Gasteiger partial charge is 0.344 e. The highest BCUT2D eigenvalue weighted by atomic mass is 35.5. The number of halogens is 1. The molecule has 0 saturated heterocycles. The Morgan fingerprint density at radius 3 is 2.57 bits per heavy atom. The van der Waals surface area contributed by atoms with E-state index in [1.54, 1.807) is 43.3 Å². The maximum absolute atomic E-state index is 12.5. The van der Waals surface area contributed by atoms with Crippen LogP contribution in [0, 0.1) is 0 Å². The van der Waals surface area contributed by atoms with Crippen LogP contribution in [-0.2, 0) is 4.79 Å². The third-order valence-corrected chi connectivity index (χ3v) is 4.46. The molecule has 4 rings (SSSR count). The highest BCUT2D eigenvalue weighted by Crippen LogP contribution is 2.30. The second-order valence-corrected chi connectivity index (χ2v) is 6.53. The van der Waals surface area contributed by atoms with Crippen LogP contribution < -0.4 is 16.0 Å². The van der Waals surface area contributed by atoms with Gasteiger partial charge in [-0.05, 0) is 36.4 Å². The van der Waals surface area contributed by atoms with Gasteiger partial charge in [-0.2, -0.15) is 0 Å². The zero-order valence-corrected chi connectivity index (χ0v) is 15.4. The van der Waals surface area contributed by atoms with Gasteiger partial charge >= 0.3 is 17.2 Å². The Bertz CT molecular complexity index is 1350. The van der Waals surface area contributed by atoms with E-state index in [0.29, 0.717) is 26.9 Å². The normalized spacial score (nSPS) is 11.1. The van der Waals surface area contributed by atoms with Crippen molar-refractivity contribution in [2.24, 2.45) is 0 Å². The lowest BCUT2D eigenvalue weighted by Crippen LogP contribution is -2.07. The fraction of sp³-hybridized carbons (Fsp3) is 0.0952. The second-order valence-electron chi connectivity index (χ2n) is 6.09. The molecule has 28 heavy (non-hydrogen) atoms. The zero-order chi connectivity index (χ0) is 19.8. The van der Waals surface area contributed by atoms with Crippen molar-refractivity contribution in [2.45, 2.75) is 13.3 Å². The van der Waals surface area contributed by atoms with Crippen molar-refractivity contribution < 1.29 is 18.4 Å². The van der Waals surface area contributed by atoms with Crippen molar-refractivity contribution in [1.82, 2.24) is 0 Å². The van der Waals surface area contributed by atoms with Gasteiger partial charge in [0.1, 0.15) is 16.9 Å². The molecule has 0 N–H and O–H groups in total. The van der Waals surface area contributed by atoms with Crippen molar-refractivity contribution in [1.29, 1.82) is 0 Å². The highest BCUT2D eigenvalue weighted by Gasteiger charge is 2.15. The topological polar surface area (TPSA) is 86.7 Å². The average molecular weight is 397 g/mol. The Morgan fingerprint density at radius 2 is 1.79 bits per heavy atom. The molecule has 2 aromatic carbocycles. The van der Waals surface area contributed by atoms with E-state index in [4.69, 9.17) is 25.2 Å². The molecule has 0 atom stereocenters. The van der Waals surface area contributed by atoms with Crippen molar-refractivity contribution in [3.05, 3.63) is 74.4 Å². The SMILES string of the molecule is CCC(=O)Oc1ccc2c(-c3cc4cc(Cl)ccc4oc3=O)cc(=O)oc2c1.